The molecule has 2 rings (SSSR count). The molecule has 1 atom stereocenters. The zero-order valence-electron chi connectivity index (χ0n) is 16.5. The number of carboxylic acids is 1. The van der Waals surface area contributed by atoms with E-state index < -0.39 is 14.3 Å². The second kappa shape index (κ2) is 7.52. The van der Waals surface area contributed by atoms with Crippen LogP contribution in [-0.2, 0) is 15.6 Å². The van der Waals surface area contributed by atoms with Crippen LogP contribution in [0.2, 0.25) is 18.1 Å². The lowest BCUT2D eigenvalue weighted by Crippen LogP contribution is -2.44. The number of carbonyl (C=O) groups is 1. The fourth-order valence-electron chi connectivity index (χ4n) is 3.00. The van der Waals surface area contributed by atoms with E-state index in [1.807, 2.05) is 0 Å². The quantitative estimate of drug-likeness (QED) is 0.710. The Labute approximate surface area is 156 Å². The smallest absolute Gasteiger partial charge is 0.331 e. The Hall–Kier alpha value is -1.66. The molecule has 1 aliphatic carbocycles. The minimum Gasteiger partial charge on any atom is -0.496 e. The predicted octanol–water partition coefficient (Wildman–Crippen LogP) is 4.94. The topological polar surface area (TPSA) is 55.8 Å². The number of methoxy groups -OCH3 is 1. The van der Waals surface area contributed by atoms with Crippen LogP contribution in [0.4, 0.5) is 4.39 Å². The lowest BCUT2D eigenvalue weighted by atomic mass is 9.99. The number of carboxylic acid groups (broad SMARTS) is 1. The van der Waals surface area contributed by atoms with Gasteiger partial charge in [-0.2, -0.15) is 0 Å². The van der Waals surface area contributed by atoms with Gasteiger partial charge in [-0.05, 0) is 48.2 Å². The maximum absolute atomic E-state index is 13.5. The number of hydrogen-bond acceptors (Lipinski definition) is 3. The van der Waals surface area contributed by atoms with Crippen molar-refractivity contribution < 1.29 is 23.5 Å². The molecular formula is C20H29FO4Si. The van der Waals surface area contributed by atoms with E-state index in [2.05, 4.69) is 33.9 Å². The monoisotopic (exact) mass is 380 g/mol. The third kappa shape index (κ3) is 4.35. The van der Waals surface area contributed by atoms with Crippen LogP contribution in [0.3, 0.4) is 0 Å². The minimum absolute atomic E-state index is 0.0393. The van der Waals surface area contributed by atoms with Crippen molar-refractivity contribution in [3.63, 3.8) is 0 Å². The average Bonchev–Trinajstić information content (AvgIpc) is 2.90. The van der Waals surface area contributed by atoms with Crippen LogP contribution in [0.5, 0.6) is 5.75 Å². The Kier molecular flexibility index (Phi) is 5.98. The lowest BCUT2D eigenvalue weighted by molar-refractivity contribution is -0.132. The molecule has 0 heterocycles. The molecule has 1 aliphatic rings. The van der Waals surface area contributed by atoms with Gasteiger partial charge in [0.05, 0.1) is 13.2 Å². The van der Waals surface area contributed by atoms with Gasteiger partial charge in [0.2, 0.25) is 0 Å². The van der Waals surface area contributed by atoms with Crippen molar-refractivity contribution in [3.8, 4) is 5.75 Å². The molecule has 0 saturated heterocycles. The highest BCUT2D eigenvalue weighted by Gasteiger charge is 2.42. The summed E-state index contributed by atoms with van der Waals surface area (Å²) < 4.78 is 25.3. The molecule has 0 aliphatic heterocycles. The molecule has 4 nitrogen and oxygen atoms in total. The summed E-state index contributed by atoms with van der Waals surface area (Å²) in [6.45, 7) is 10.8. The third-order valence-electron chi connectivity index (χ3n) is 5.56. The zero-order valence-corrected chi connectivity index (χ0v) is 17.5. The SMILES string of the molecule is COc1cc(F)ccc1CC1=C(C(=O)O)CC[C@@H]1O[Si](C)(C)C(C)(C)C. The van der Waals surface area contributed by atoms with Crippen LogP contribution < -0.4 is 4.74 Å². The first-order chi connectivity index (χ1) is 12.0. The highest BCUT2D eigenvalue weighted by atomic mass is 28.4. The molecule has 0 spiro atoms. The van der Waals surface area contributed by atoms with Crippen LogP contribution in [0.25, 0.3) is 0 Å². The Bertz CT molecular complexity index is 719. The van der Waals surface area contributed by atoms with E-state index in [1.165, 1.54) is 19.2 Å². The average molecular weight is 381 g/mol. The van der Waals surface area contributed by atoms with Crippen molar-refractivity contribution in [1.29, 1.82) is 0 Å². The second-order valence-electron chi connectivity index (χ2n) is 8.35. The fraction of sp³-hybridized carbons (Fsp3) is 0.550. The minimum atomic E-state index is -2.04. The van der Waals surface area contributed by atoms with Crippen molar-refractivity contribution in [2.75, 3.05) is 7.11 Å². The molecular weight excluding hydrogens is 351 g/mol. The van der Waals surface area contributed by atoms with E-state index in [4.69, 9.17) is 9.16 Å². The van der Waals surface area contributed by atoms with Crippen molar-refractivity contribution in [2.45, 2.75) is 64.3 Å². The van der Waals surface area contributed by atoms with Crippen LogP contribution in [-0.4, -0.2) is 32.6 Å². The number of benzene rings is 1. The van der Waals surface area contributed by atoms with Gasteiger partial charge >= 0.3 is 5.97 Å². The largest absolute Gasteiger partial charge is 0.496 e. The normalized spacial score (nSPS) is 18.3. The van der Waals surface area contributed by atoms with Crippen LogP contribution in [0, 0.1) is 5.82 Å². The molecule has 1 aromatic rings. The molecule has 0 amide bonds. The van der Waals surface area contributed by atoms with Crippen LogP contribution in [0.1, 0.15) is 39.2 Å². The highest BCUT2D eigenvalue weighted by molar-refractivity contribution is 6.74. The van der Waals surface area contributed by atoms with Crippen molar-refractivity contribution in [2.24, 2.45) is 0 Å². The number of rotatable bonds is 6. The second-order valence-corrected chi connectivity index (χ2v) is 13.1. The molecule has 0 aromatic heterocycles. The molecule has 0 fully saturated rings. The number of hydrogen-bond donors (Lipinski definition) is 1. The summed E-state index contributed by atoms with van der Waals surface area (Å²) in [5.41, 5.74) is 1.97. The highest BCUT2D eigenvalue weighted by Crippen LogP contribution is 2.42. The maximum Gasteiger partial charge on any atom is 0.331 e. The zero-order chi connectivity index (χ0) is 19.7. The van der Waals surface area contributed by atoms with Gasteiger partial charge in [0.15, 0.2) is 8.32 Å². The molecule has 26 heavy (non-hydrogen) atoms. The Morgan fingerprint density at radius 3 is 2.54 bits per heavy atom. The first-order valence-electron chi connectivity index (χ1n) is 8.91. The number of halogens is 1. The molecule has 0 unspecified atom stereocenters. The van der Waals surface area contributed by atoms with Gasteiger partial charge < -0.3 is 14.3 Å². The van der Waals surface area contributed by atoms with Crippen LogP contribution in [0.15, 0.2) is 29.3 Å². The summed E-state index contributed by atoms with van der Waals surface area (Å²) >= 11 is 0. The summed E-state index contributed by atoms with van der Waals surface area (Å²) in [4.78, 5) is 11.7. The summed E-state index contributed by atoms with van der Waals surface area (Å²) in [5, 5.41) is 9.65. The molecule has 1 aromatic carbocycles. The molecule has 144 valence electrons. The first kappa shape index (κ1) is 20.6. The van der Waals surface area contributed by atoms with E-state index in [0.29, 0.717) is 30.6 Å². The van der Waals surface area contributed by atoms with Crippen molar-refractivity contribution in [1.82, 2.24) is 0 Å². The molecule has 0 bridgehead atoms. The summed E-state index contributed by atoms with van der Waals surface area (Å²) in [7, 11) is -0.553. The maximum atomic E-state index is 13.5. The summed E-state index contributed by atoms with van der Waals surface area (Å²) in [6, 6.07) is 4.36. The van der Waals surface area contributed by atoms with Gasteiger partial charge in [-0.15, -0.1) is 0 Å². The van der Waals surface area contributed by atoms with Gasteiger partial charge in [-0.3, -0.25) is 0 Å². The van der Waals surface area contributed by atoms with Crippen molar-refractivity contribution >= 4 is 14.3 Å². The Balaban J connectivity index is 2.37. The molecule has 6 heteroatoms. The van der Waals surface area contributed by atoms with E-state index in [9.17, 15) is 14.3 Å². The van der Waals surface area contributed by atoms with E-state index in [-0.39, 0.29) is 17.0 Å². The van der Waals surface area contributed by atoms with E-state index in [1.54, 1.807) is 6.07 Å². The molecule has 0 radical (unpaired) electrons. The fourth-order valence-corrected chi connectivity index (χ4v) is 4.33. The third-order valence-corrected chi connectivity index (χ3v) is 10.1. The van der Waals surface area contributed by atoms with Gasteiger partial charge in [-0.25, -0.2) is 9.18 Å². The summed E-state index contributed by atoms with van der Waals surface area (Å²) in [5.74, 6) is -0.846. The van der Waals surface area contributed by atoms with E-state index >= 15 is 0 Å². The van der Waals surface area contributed by atoms with Gasteiger partial charge in [-0.1, -0.05) is 26.8 Å². The number of ether oxygens (including phenoxy) is 1. The van der Waals surface area contributed by atoms with Gasteiger partial charge in [0.1, 0.15) is 11.6 Å². The number of aliphatic carboxylic acids is 1. The van der Waals surface area contributed by atoms with Crippen LogP contribution >= 0.6 is 0 Å². The van der Waals surface area contributed by atoms with Crippen molar-refractivity contribution in [3.05, 3.63) is 40.7 Å². The molecule has 1 N–H and O–H groups in total. The van der Waals surface area contributed by atoms with E-state index in [0.717, 1.165) is 11.1 Å². The summed E-state index contributed by atoms with van der Waals surface area (Å²) in [6.07, 6.45) is 1.35. The van der Waals surface area contributed by atoms with Gasteiger partial charge in [0, 0.05) is 18.1 Å². The first-order valence-corrected chi connectivity index (χ1v) is 11.8. The Morgan fingerprint density at radius 1 is 1.35 bits per heavy atom. The Morgan fingerprint density at radius 2 is 2.00 bits per heavy atom. The molecule has 0 saturated carbocycles. The van der Waals surface area contributed by atoms with Gasteiger partial charge in [0.25, 0.3) is 0 Å². The lowest BCUT2D eigenvalue weighted by Gasteiger charge is -2.39. The predicted molar refractivity (Wildman–Crippen MR) is 103 cm³/mol. The standard InChI is InChI=1S/C20H29FO4Si/c1-20(2,3)26(5,6)25-17-10-9-15(19(22)23)16(17)11-13-7-8-14(21)12-18(13)24-4/h7-8,12,17H,9-11H2,1-6H3,(H,22,23)/t17-/m0/s1.